The Bertz CT molecular complexity index is 284. The number of nitrogens with one attached hydrogen (secondary N) is 1. The predicted molar refractivity (Wildman–Crippen MR) is 87.2 cm³/mol. The summed E-state index contributed by atoms with van der Waals surface area (Å²) in [5, 5.41) is 3.93. The molecule has 118 valence electrons. The van der Waals surface area contributed by atoms with Crippen molar-refractivity contribution < 1.29 is 0 Å². The molecule has 0 bridgehead atoms. The monoisotopic (exact) mass is 281 g/mol. The molecule has 1 saturated heterocycles. The van der Waals surface area contributed by atoms with Crippen LogP contribution in [0.4, 0.5) is 0 Å². The molecular formula is C17H35N3. The fourth-order valence-electron chi connectivity index (χ4n) is 4.05. The van der Waals surface area contributed by atoms with Crippen LogP contribution in [0.2, 0.25) is 0 Å². The Hall–Kier alpha value is -0.120. The highest BCUT2D eigenvalue weighted by Gasteiger charge is 2.40. The van der Waals surface area contributed by atoms with Gasteiger partial charge in [-0.05, 0) is 53.2 Å². The molecule has 0 aromatic carbocycles. The molecule has 0 aromatic rings. The molecule has 2 rings (SSSR count). The van der Waals surface area contributed by atoms with Gasteiger partial charge in [0, 0.05) is 30.7 Å². The number of hydrogen-bond donors (Lipinski definition) is 1. The lowest BCUT2D eigenvalue weighted by Crippen LogP contribution is -2.66. The van der Waals surface area contributed by atoms with E-state index < -0.39 is 0 Å². The maximum Gasteiger partial charge on any atom is 0.0309 e. The standard InChI is InChI=1S/C17H35N3/c1-5-16-13-18-17(10-7-6-8-11-17)14-20(16)15(2)9-12-19(3)4/h15-16,18H,5-14H2,1-4H3. The molecule has 3 heteroatoms. The second-order valence-corrected chi connectivity index (χ2v) is 7.40. The van der Waals surface area contributed by atoms with Gasteiger partial charge in [0.2, 0.25) is 0 Å². The van der Waals surface area contributed by atoms with Gasteiger partial charge in [-0.3, -0.25) is 4.90 Å². The summed E-state index contributed by atoms with van der Waals surface area (Å²) in [5.74, 6) is 0. The van der Waals surface area contributed by atoms with Crippen LogP contribution in [-0.2, 0) is 0 Å². The Kier molecular flexibility index (Phi) is 5.88. The van der Waals surface area contributed by atoms with Gasteiger partial charge in [-0.15, -0.1) is 0 Å². The van der Waals surface area contributed by atoms with Crippen LogP contribution < -0.4 is 5.32 Å². The van der Waals surface area contributed by atoms with Crippen molar-refractivity contribution in [1.82, 2.24) is 15.1 Å². The molecule has 20 heavy (non-hydrogen) atoms. The van der Waals surface area contributed by atoms with Crippen molar-refractivity contribution in [2.24, 2.45) is 0 Å². The van der Waals surface area contributed by atoms with Crippen LogP contribution in [0.1, 0.15) is 58.8 Å². The van der Waals surface area contributed by atoms with Gasteiger partial charge in [-0.2, -0.15) is 0 Å². The molecule has 0 amide bonds. The normalized spacial score (nSPS) is 28.9. The molecule has 2 unspecified atom stereocenters. The van der Waals surface area contributed by atoms with E-state index in [0.29, 0.717) is 11.6 Å². The maximum absolute atomic E-state index is 3.93. The Morgan fingerprint density at radius 1 is 1.25 bits per heavy atom. The molecule has 0 radical (unpaired) electrons. The number of nitrogens with zero attached hydrogens (tertiary/aromatic N) is 2. The van der Waals surface area contributed by atoms with Gasteiger partial charge in [-0.25, -0.2) is 0 Å². The molecule has 1 heterocycles. The zero-order chi connectivity index (χ0) is 14.6. The lowest BCUT2D eigenvalue weighted by molar-refractivity contribution is 0.0233. The van der Waals surface area contributed by atoms with Crippen molar-refractivity contribution in [3.8, 4) is 0 Å². The fourth-order valence-corrected chi connectivity index (χ4v) is 4.05. The smallest absolute Gasteiger partial charge is 0.0309 e. The minimum absolute atomic E-state index is 0.441. The highest BCUT2D eigenvalue weighted by Crippen LogP contribution is 2.33. The molecule has 0 aromatic heterocycles. The topological polar surface area (TPSA) is 18.5 Å². The SMILES string of the molecule is CCC1CNC2(CCCCC2)CN1C(C)CCN(C)C. The second-order valence-electron chi connectivity index (χ2n) is 7.40. The molecule has 1 N–H and O–H groups in total. The Morgan fingerprint density at radius 2 is 1.95 bits per heavy atom. The van der Waals surface area contributed by atoms with E-state index in [4.69, 9.17) is 0 Å². The summed E-state index contributed by atoms with van der Waals surface area (Å²) < 4.78 is 0. The van der Waals surface area contributed by atoms with Crippen LogP contribution in [-0.4, -0.2) is 61.2 Å². The quantitative estimate of drug-likeness (QED) is 0.836. The van der Waals surface area contributed by atoms with E-state index in [1.165, 1.54) is 64.6 Å². The van der Waals surface area contributed by atoms with Crippen LogP contribution >= 0.6 is 0 Å². The number of rotatable bonds is 5. The van der Waals surface area contributed by atoms with E-state index >= 15 is 0 Å². The largest absolute Gasteiger partial charge is 0.309 e. The number of hydrogen-bond acceptors (Lipinski definition) is 3. The van der Waals surface area contributed by atoms with Crippen molar-refractivity contribution in [1.29, 1.82) is 0 Å². The van der Waals surface area contributed by atoms with Crippen LogP contribution in [0.15, 0.2) is 0 Å². The number of piperazine rings is 1. The van der Waals surface area contributed by atoms with Gasteiger partial charge in [0.05, 0.1) is 0 Å². The van der Waals surface area contributed by atoms with E-state index in [1.54, 1.807) is 0 Å². The summed E-state index contributed by atoms with van der Waals surface area (Å²) in [6.45, 7) is 8.46. The third kappa shape index (κ3) is 3.96. The van der Waals surface area contributed by atoms with Crippen LogP contribution in [0.25, 0.3) is 0 Å². The van der Waals surface area contributed by atoms with Crippen molar-refractivity contribution >= 4 is 0 Å². The maximum atomic E-state index is 3.93. The second kappa shape index (κ2) is 7.24. The summed E-state index contributed by atoms with van der Waals surface area (Å²) in [7, 11) is 4.37. The lowest BCUT2D eigenvalue weighted by Gasteiger charge is -2.51. The van der Waals surface area contributed by atoms with Crippen molar-refractivity contribution in [2.45, 2.75) is 76.4 Å². The van der Waals surface area contributed by atoms with E-state index in [-0.39, 0.29) is 0 Å². The first kappa shape index (κ1) is 16.3. The first-order chi connectivity index (χ1) is 9.56. The highest BCUT2D eigenvalue weighted by atomic mass is 15.3. The van der Waals surface area contributed by atoms with Crippen molar-refractivity contribution in [3.63, 3.8) is 0 Å². The van der Waals surface area contributed by atoms with E-state index in [9.17, 15) is 0 Å². The van der Waals surface area contributed by atoms with Gasteiger partial charge >= 0.3 is 0 Å². The molecular weight excluding hydrogens is 246 g/mol. The Labute approximate surface area is 126 Å². The van der Waals surface area contributed by atoms with E-state index in [2.05, 4.69) is 43.1 Å². The van der Waals surface area contributed by atoms with Crippen molar-refractivity contribution in [2.75, 3.05) is 33.7 Å². The predicted octanol–water partition coefficient (Wildman–Crippen LogP) is 2.71. The third-order valence-corrected chi connectivity index (χ3v) is 5.51. The molecule has 1 spiro atoms. The average Bonchev–Trinajstić information content (AvgIpc) is 2.45. The minimum atomic E-state index is 0.441. The van der Waals surface area contributed by atoms with E-state index in [0.717, 1.165) is 6.04 Å². The molecule has 2 atom stereocenters. The van der Waals surface area contributed by atoms with Gasteiger partial charge in [0.15, 0.2) is 0 Å². The fraction of sp³-hybridized carbons (Fsp3) is 1.00. The molecule has 1 aliphatic heterocycles. The summed E-state index contributed by atoms with van der Waals surface area (Å²) in [6, 6.07) is 1.45. The minimum Gasteiger partial charge on any atom is -0.309 e. The molecule has 1 saturated carbocycles. The molecule has 2 fully saturated rings. The summed E-state index contributed by atoms with van der Waals surface area (Å²) in [6.07, 6.45) is 9.62. The van der Waals surface area contributed by atoms with Crippen LogP contribution in [0, 0.1) is 0 Å². The lowest BCUT2D eigenvalue weighted by atomic mass is 9.78. The molecule has 2 aliphatic rings. The van der Waals surface area contributed by atoms with Gasteiger partial charge in [0.1, 0.15) is 0 Å². The Balaban J connectivity index is 1.98. The van der Waals surface area contributed by atoms with Gasteiger partial charge < -0.3 is 10.2 Å². The average molecular weight is 281 g/mol. The van der Waals surface area contributed by atoms with Crippen LogP contribution in [0.5, 0.6) is 0 Å². The van der Waals surface area contributed by atoms with E-state index in [1.807, 2.05) is 0 Å². The first-order valence-corrected chi connectivity index (χ1v) is 8.72. The zero-order valence-electron chi connectivity index (χ0n) is 14.1. The summed E-state index contributed by atoms with van der Waals surface area (Å²) >= 11 is 0. The molecule has 1 aliphatic carbocycles. The van der Waals surface area contributed by atoms with Gasteiger partial charge in [0.25, 0.3) is 0 Å². The third-order valence-electron chi connectivity index (χ3n) is 5.51. The van der Waals surface area contributed by atoms with Crippen molar-refractivity contribution in [3.05, 3.63) is 0 Å². The Morgan fingerprint density at radius 3 is 2.55 bits per heavy atom. The zero-order valence-corrected chi connectivity index (χ0v) is 14.1. The first-order valence-electron chi connectivity index (χ1n) is 8.72. The van der Waals surface area contributed by atoms with Crippen LogP contribution in [0.3, 0.4) is 0 Å². The van der Waals surface area contributed by atoms with Gasteiger partial charge in [-0.1, -0.05) is 26.2 Å². The molecule has 3 nitrogen and oxygen atoms in total. The highest BCUT2D eigenvalue weighted by molar-refractivity contribution is 5.00. The summed E-state index contributed by atoms with van der Waals surface area (Å²) in [4.78, 5) is 5.14. The summed E-state index contributed by atoms with van der Waals surface area (Å²) in [5.41, 5.74) is 0.441.